The predicted molar refractivity (Wildman–Crippen MR) is 79.3 cm³/mol. The zero-order valence-corrected chi connectivity index (χ0v) is 11.8. The Balaban J connectivity index is 2.28. The molecule has 0 spiro atoms. The van der Waals surface area contributed by atoms with E-state index in [1.807, 2.05) is 19.9 Å². The molecule has 0 radical (unpaired) electrons. The van der Waals surface area contributed by atoms with Gasteiger partial charge in [0.15, 0.2) is 5.82 Å². The first-order valence-electron chi connectivity index (χ1n) is 6.54. The quantitative estimate of drug-likeness (QED) is 0.842. The molecule has 0 aliphatic rings. The molecular formula is C16H16F2N2O. The molecule has 0 fully saturated rings. The van der Waals surface area contributed by atoms with E-state index in [1.165, 1.54) is 0 Å². The molecule has 0 aliphatic carbocycles. The Hall–Kier alpha value is -2.43. The van der Waals surface area contributed by atoms with Crippen LogP contribution in [0.4, 0.5) is 20.2 Å². The minimum Gasteiger partial charge on any atom is -0.396 e. The average molecular weight is 290 g/mol. The number of hydrogen-bond donors (Lipinski definition) is 2. The summed E-state index contributed by atoms with van der Waals surface area (Å²) in [5.74, 6) is -2.12. The third-order valence-corrected chi connectivity index (χ3v) is 3.12. The van der Waals surface area contributed by atoms with Crippen LogP contribution in [0, 0.1) is 11.6 Å². The van der Waals surface area contributed by atoms with E-state index in [-0.39, 0.29) is 0 Å². The summed E-state index contributed by atoms with van der Waals surface area (Å²) in [6, 6.07) is 8.87. The fourth-order valence-corrected chi connectivity index (χ4v) is 1.95. The molecular weight excluding hydrogens is 274 g/mol. The van der Waals surface area contributed by atoms with E-state index in [2.05, 4.69) is 5.32 Å². The van der Waals surface area contributed by atoms with Gasteiger partial charge >= 0.3 is 0 Å². The molecule has 0 saturated carbocycles. The SMILES string of the molecule is CC(C)c1cccc(NC(=O)c2cc(F)cc(N)c2F)c1. The van der Waals surface area contributed by atoms with E-state index < -0.39 is 28.8 Å². The topological polar surface area (TPSA) is 55.1 Å². The number of nitrogens with two attached hydrogens (primary N) is 1. The molecule has 3 nitrogen and oxygen atoms in total. The van der Waals surface area contributed by atoms with Crippen molar-refractivity contribution in [1.29, 1.82) is 0 Å². The molecule has 0 atom stereocenters. The zero-order valence-electron chi connectivity index (χ0n) is 11.8. The molecule has 0 aromatic heterocycles. The first-order valence-corrected chi connectivity index (χ1v) is 6.54. The maximum absolute atomic E-state index is 13.8. The molecule has 0 unspecified atom stereocenters. The minimum atomic E-state index is -0.922. The molecule has 3 N–H and O–H groups in total. The molecule has 110 valence electrons. The summed E-state index contributed by atoms with van der Waals surface area (Å²) in [4.78, 5) is 12.0. The number of carbonyl (C=O) groups is 1. The fraction of sp³-hybridized carbons (Fsp3) is 0.188. The normalized spacial score (nSPS) is 10.7. The van der Waals surface area contributed by atoms with Crippen LogP contribution in [0.15, 0.2) is 36.4 Å². The van der Waals surface area contributed by atoms with Gasteiger partial charge in [-0.05, 0) is 35.7 Å². The standard InChI is InChI=1S/C16H16F2N2O/c1-9(2)10-4-3-5-12(6-10)20-16(21)13-7-11(17)8-14(19)15(13)18/h3-9H,19H2,1-2H3,(H,20,21). The van der Waals surface area contributed by atoms with Crippen molar-refractivity contribution in [2.45, 2.75) is 19.8 Å². The van der Waals surface area contributed by atoms with E-state index in [1.54, 1.807) is 18.2 Å². The van der Waals surface area contributed by atoms with E-state index >= 15 is 0 Å². The van der Waals surface area contributed by atoms with Gasteiger partial charge in [-0.15, -0.1) is 0 Å². The highest BCUT2D eigenvalue weighted by Crippen LogP contribution is 2.21. The van der Waals surface area contributed by atoms with Crippen LogP contribution in [0.5, 0.6) is 0 Å². The lowest BCUT2D eigenvalue weighted by atomic mass is 10.0. The van der Waals surface area contributed by atoms with Gasteiger partial charge in [-0.3, -0.25) is 4.79 Å². The lowest BCUT2D eigenvalue weighted by Gasteiger charge is -2.10. The Bertz CT molecular complexity index is 684. The van der Waals surface area contributed by atoms with Gasteiger partial charge in [0.1, 0.15) is 5.82 Å². The Labute approximate surface area is 121 Å². The Morgan fingerprint density at radius 2 is 1.90 bits per heavy atom. The zero-order chi connectivity index (χ0) is 15.6. The van der Waals surface area contributed by atoms with Gasteiger partial charge < -0.3 is 11.1 Å². The van der Waals surface area contributed by atoms with Crippen LogP contribution in [-0.4, -0.2) is 5.91 Å². The third kappa shape index (κ3) is 3.37. The number of benzene rings is 2. The van der Waals surface area contributed by atoms with Crippen molar-refractivity contribution >= 4 is 17.3 Å². The van der Waals surface area contributed by atoms with Crippen LogP contribution in [0.2, 0.25) is 0 Å². The summed E-state index contributed by atoms with van der Waals surface area (Å²) >= 11 is 0. The van der Waals surface area contributed by atoms with Crippen LogP contribution < -0.4 is 11.1 Å². The first-order chi connectivity index (χ1) is 9.88. The van der Waals surface area contributed by atoms with Gasteiger partial charge in [0.05, 0.1) is 11.3 Å². The van der Waals surface area contributed by atoms with Crippen molar-refractivity contribution in [3.63, 3.8) is 0 Å². The highest BCUT2D eigenvalue weighted by Gasteiger charge is 2.16. The van der Waals surface area contributed by atoms with E-state index in [0.717, 1.165) is 17.7 Å². The number of hydrogen-bond acceptors (Lipinski definition) is 2. The summed E-state index contributed by atoms with van der Waals surface area (Å²) in [5.41, 5.74) is 6.07. The molecule has 2 aromatic carbocycles. The van der Waals surface area contributed by atoms with E-state index in [9.17, 15) is 13.6 Å². The second-order valence-corrected chi connectivity index (χ2v) is 5.09. The smallest absolute Gasteiger partial charge is 0.258 e. The highest BCUT2D eigenvalue weighted by atomic mass is 19.1. The molecule has 2 aromatic rings. The Morgan fingerprint density at radius 1 is 1.19 bits per heavy atom. The maximum Gasteiger partial charge on any atom is 0.258 e. The summed E-state index contributed by atoms with van der Waals surface area (Å²) in [7, 11) is 0. The van der Waals surface area contributed by atoms with Crippen LogP contribution in [0.3, 0.4) is 0 Å². The van der Waals surface area contributed by atoms with Gasteiger partial charge in [-0.25, -0.2) is 8.78 Å². The van der Waals surface area contributed by atoms with Gasteiger partial charge in [0.25, 0.3) is 5.91 Å². The highest BCUT2D eigenvalue weighted by molar-refractivity contribution is 6.05. The van der Waals surface area contributed by atoms with E-state index in [0.29, 0.717) is 11.6 Å². The van der Waals surface area contributed by atoms with Crippen molar-refractivity contribution in [3.8, 4) is 0 Å². The number of anilines is 2. The predicted octanol–water partition coefficient (Wildman–Crippen LogP) is 3.92. The summed E-state index contributed by atoms with van der Waals surface area (Å²) in [5, 5.41) is 2.55. The Kier molecular flexibility index (Phi) is 4.21. The average Bonchev–Trinajstić information content (AvgIpc) is 2.43. The Morgan fingerprint density at radius 3 is 2.57 bits per heavy atom. The summed E-state index contributed by atoms with van der Waals surface area (Å²) < 4.78 is 27.0. The summed E-state index contributed by atoms with van der Waals surface area (Å²) in [6.07, 6.45) is 0. The van der Waals surface area contributed by atoms with Crippen molar-refractivity contribution in [3.05, 3.63) is 59.2 Å². The largest absolute Gasteiger partial charge is 0.396 e. The number of carbonyl (C=O) groups excluding carboxylic acids is 1. The van der Waals surface area contributed by atoms with E-state index in [4.69, 9.17) is 5.73 Å². The molecule has 1 amide bonds. The number of halogens is 2. The molecule has 5 heteroatoms. The van der Waals surface area contributed by atoms with Gasteiger partial charge in [-0.1, -0.05) is 26.0 Å². The monoisotopic (exact) mass is 290 g/mol. The van der Waals surface area contributed by atoms with Crippen LogP contribution >= 0.6 is 0 Å². The summed E-state index contributed by atoms with van der Waals surface area (Å²) in [6.45, 7) is 4.04. The van der Waals surface area contributed by atoms with Crippen molar-refractivity contribution < 1.29 is 13.6 Å². The van der Waals surface area contributed by atoms with Crippen molar-refractivity contribution in [2.24, 2.45) is 0 Å². The van der Waals surface area contributed by atoms with Crippen molar-refractivity contribution in [2.75, 3.05) is 11.1 Å². The molecule has 21 heavy (non-hydrogen) atoms. The van der Waals surface area contributed by atoms with Gasteiger partial charge in [0.2, 0.25) is 0 Å². The van der Waals surface area contributed by atoms with Crippen LogP contribution in [-0.2, 0) is 0 Å². The van der Waals surface area contributed by atoms with Crippen LogP contribution in [0.1, 0.15) is 35.7 Å². The second kappa shape index (κ2) is 5.91. The van der Waals surface area contributed by atoms with Crippen molar-refractivity contribution in [1.82, 2.24) is 0 Å². The molecule has 0 bridgehead atoms. The number of rotatable bonds is 3. The third-order valence-electron chi connectivity index (χ3n) is 3.12. The number of nitrogens with one attached hydrogen (secondary N) is 1. The van der Waals surface area contributed by atoms with Gasteiger partial charge in [0, 0.05) is 5.69 Å². The second-order valence-electron chi connectivity index (χ2n) is 5.09. The first kappa shape index (κ1) is 15.0. The molecule has 0 aliphatic heterocycles. The minimum absolute atomic E-state index is 0.295. The maximum atomic E-state index is 13.8. The lowest BCUT2D eigenvalue weighted by molar-refractivity contribution is 0.102. The van der Waals surface area contributed by atoms with Gasteiger partial charge in [-0.2, -0.15) is 0 Å². The lowest BCUT2D eigenvalue weighted by Crippen LogP contribution is -2.15. The molecule has 0 saturated heterocycles. The molecule has 2 rings (SSSR count). The molecule has 0 heterocycles. The number of nitrogen functional groups attached to an aromatic ring is 1. The number of amides is 1. The van der Waals surface area contributed by atoms with Crippen LogP contribution in [0.25, 0.3) is 0 Å². The fourth-order valence-electron chi connectivity index (χ4n) is 1.95.